The molecule has 0 saturated carbocycles. The zero-order valence-corrected chi connectivity index (χ0v) is 8.53. The SMILES string of the molecule is O=Cc1c(C=O)c2n3c1CCC[C@@H]3CC2. The van der Waals surface area contributed by atoms with Gasteiger partial charge in [-0.25, -0.2) is 0 Å². The van der Waals surface area contributed by atoms with Gasteiger partial charge in [-0.2, -0.15) is 0 Å². The molecule has 78 valence electrons. The van der Waals surface area contributed by atoms with Crippen LogP contribution in [-0.2, 0) is 12.8 Å². The molecule has 0 fully saturated rings. The molecule has 15 heavy (non-hydrogen) atoms. The summed E-state index contributed by atoms with van der Waals surface area (Å²) in [5.41, 5.74) is 3.52. The fourth-order valence-electron chi connectivity index (χ4n) is 3.16. The Hall–Kier alpha value is -1.38. The van der Waals surface area contributed by atoms with Gasteiger partial charge in [0.15, 0.2) is 12.6 Å². The first kappa shape index (κ1) is 8.89. The lowest BCUT2D eigenvalue weighted by Gasteiger charge is -2.22. The lowest BCUT2D eigenvalue weighted by atomic mass is 9.97. The molecule has 0 unspecified atom stereocenters. The monoisotopic (exact) mass is 203 g/mol. The summed E-state index contributed by atoms with van der Waals surface area (Å²) in [5.74, 6) is 0. The molecule has 0 N–H and O–H groups in total. The van der Waals surface area contributed by atoms with E-state index in [2.05, 4.69) is 4.57 Å². The summed E-state index contributed by atoms with van der Waals surface area (Å²) in [6, 6.07) is 0.552. The third-order valence-electron chi connectivity index (χ3n) is 3.76. The maximum absolute atomic E-state index is 11.0. The predicted octanol–water partition coefficient (Wildman–Crippen LogP) is 1.94. The van der Waals surface area contributed by atoms with E-state index in [0.717, 1.165) is 49.6 Å². The lowest BCUT2D eigenvalue weighted by Crippen LogP contribution is -2.14. The average Bonchev–Trinajstić information content (AvgIpc) is 2.82. The Kier molecular flexibility index (Phi) is 1.81. The Morgan fingerprint density at radius 3 is 2.33 bits per heavy atom. The Morgan fingerprint density at radius 1 is 1.00 bits per heavy atom. The van der Waals surface area contributed by atoms with E-state index in [-0.39, 0.29) is 0 Å². The maximum atomic E-state index is 11.0. The molecule has 1 aromatic heterocycles. The first-order valence-corrected chi connectivity index (χ1v) is 5.53. The summed E-state index contributed by atoms with van der Waals surface area (Å²) in [4.78, 5) is 22.1. The van der Waals surface area contributed by atoms with Crippen LogP contribution in [0.5, 0.6) is 0 Å². The average molecular weight is 203 g/mol. The standard InChI is InChI=1S/C12H13NO2/c14-6-9-10(7-15)12-5-4-8-2-1-3-11(9)13(8)12/h6-8H,1-5H2/t8-/m1/s1. The second-order valence-corrected chi connectivity index (χ2v) is 4.41. The van der Waals surface area contributed by atoms with E-state index in [0.29, 0.717) is 17.2 Å². The third kappa shape index (κ3) is 1.01. The molecule has 2 aliphatic heterocycles. The predicted molar refractivity (Wildman–Crippen MR) is 55.5 cm³/mol. The van der Waals surface area contributed by atoms with Crippen LogP contribution in [0.15, 0.2) is 0 Å². The molecule has 1 atom stereocenters. The van der Waals surface area contributed by atoms with Gasteiger partial charge in [-0.3, -0.25) is 9.59 Å². The molecular weight excluding hydrogens is 190 g/mol. The summed E-state index contributed by atoms with van der Waals surface area (Å²) in [6.45, 7) is 0. The van der Waals surface area contributed by atoms with Crippen molar-refractivity contribution >= 4 is 12.6 Å². The molecule has 0 aliphatic carbocycles. The molecule has 0 spiro atoms. The van der Waals surface area contributed by atoms with E-state index in [9.17, 15) is 9.59 Å². The van der Waals surface area contributed by atoms with Crippen molar-refractivity contribution in [1.82, 2.24) is 4.57 Å². The van der Waals surface area contributed by atoms with Gasteiger partial charge in [0, 0.05) is 28.6 Å². The van der Waals surface area contributed by atoms with Gasteiger partial charge in [0.1, 0.15) is 0 Å². The van der Waals surface area contributed by atoms with Crippen molar-refractivity contribution in [1.29, 1.82) is 0 Å². The van der Waals surface area contributed by atoms with E-state index < -0.39 is 0 Å². The largest absolute Gasteiger partial charge is 0.344 e. The van der Waals surface area contributed by atoms with Crippen molar-refractivity contribution in [3.63, 3.8) is 0 Å². The van der Waals surface area contributed by atoms with Gasteiger partial charge >= 0.3 is 0 Å². The van der Waals surface area contributed by atoms with Crippen LogP contribution in [0.25, 0.3) is 0 Å². The van der Waals surface area contributed by atoms with E-state index >= 15 is 0 Å². The summed E-state index contributed by atoms with van der Waals surface area (Å²) >= 11 is 0. The van der Waals surface area contributed by atoms with Gasteiger partial charge in [-0.05, 0) is 32.1 Å². The van der Waals surface area contributed by atoms with Crippen molar-refractivity contribution in [2.45, 2.75) is 38.1 Å². The summed E-state index contributed by atoms with van der Waals surface area (Å²) in [7, 11) is 0. The van der Waals surface area contributed by atoms with Crippen molar-refractivity contribution in [2.75, 3.05) is 0 Å². The van der Waals surface area contributed by atoms with E-state index in [4.69, 9.17) is 0 Å². The van der Waals surface area contributed by atoms with Crippen LogP contribution in [0.4, 0.5) is 0 Å². The number of aldehydes is 2. The van der Waals surface area contributed by atoms with Crippen LogP contribution in [0, 0.1) is 0 Å². The lowest BCUT2D eigenvalue weighted by molar-refractivity contribution is 0.109. The first-order chi connectivity index (χ1) is 7.36. The third-order valence-corrected chi connectivity index (χ3v) is 3.76. The second kappa shape index (κ2) is 3.05. The molecule has 0 amide bonds. The Morgan fingerprint density at radius 2 is 1.67 bits per heavy atom. The van der Waals surface area contributed by atoms with Gasteiger partial charge < -0.3 is 4.57 Å². The van der Waals surface area contributed by atoms with Crippen molar-refractivity contribution in [2.24, 2.45) is 0 Å². The zero-order valence-electron chi connectivity index (χ0n) is 8.53. The molecule has 3 nitrogen and oxygen atoms in total. The van der Waals surface area contributed by atoms with E-state index in [1.165, 1.54) is 6.42 Å². The van der Waals surface area contributed by atoms with Gasteiger partial charge in [0.25, 0.3) is 0 Å². The quantitative estimate of drug-likeness (QED) is 0.689. The topological polar surface area (TPSA) is 39.1 Å². The minimum Gasteiger partial charge on any atom is -0.344 e. The molecule has 2 aliphatic rings. The number of hydrogen-bond donors (Lipinski definition) is 0. The first-order valence-electron chi connectivity index (χ1n) is 5.53. The van der Waals surface area contributed by atoms with Crippen molar-refractivity contribution in [3.05, 3.63) is 22.5 Å². The molecule has 0 bridgehead atoms. The molecule has 0 aromatic carbocycles. The van der Waals surface area contributed by atoms with E-state index in [1.54, 1.807) is 0 Å². The Labute approximate surface area is 88.1 Å². The summed E-state index contributed by atoms with van der Waals surface area (Å²) in [6.07, 6.45) is 7.10. The molecule has 3 heterocycles. The smallest absolute Gasteiger partial charge is 0.152 e. The fourth-order valence-corrected chi connectivity index (χ4v) is 3.16. The fraction of sp³-hybridized carbons (Fsp3) is 0.500. The van der Waals surface area contributed by atoms with Crippen molar-refractivity contribution in [3.8, 4) is 0 Å². The van der Waals surface area contributed by atoms with E-state index in [1.807, 2.05) is 0 Å². The van der Waals surface area contributed by atoms with Crippen LogP contribution >= 0.6 is 0 Å². The van der Waals surface area contributed by atoms with Crippen LogP contribution in [0.3, 0.4) is 0 Å². The minimum absolute atomic E-state index is 0.552. The minimum atomic E-state index is 0.552. The number of rotatable bonds is 2. The molecular formula is C12H13NO2. The highest BCUT2D eigenvalue weighted by molar-refractivity contribution is 5.93. The van der Waals surface area contributed by atoms with Gasteiger partial charge in [0.2, 0.25) is 0 Å². The molecule has 1 aromatic rings. The Balaban J connectivity index is 2.31. The highest BCUT2D eigenvalue weighted by Crippen LogP contribution is 2.40. The number of aromatic nitrogens is 1. The van der Waals surface area contributed by atoms with Crippen molar-refractivity contribution < 1.29 is 9.59 Å². The number of hydrogen-bond acceptors (Lipinski definition) is 2. The number of carbonyl (C=O) groups is 2. The highest BCUT2D eigenvalue weighted by atomic mass is 16.1. The molecule has 3 rings (SSSR count). The Bertz CT molecular complexity index is 436. The highest BCUT2D eigenvalue weighted by Gasteiger charge is 2.33. The van der Waals surface area contributed by atoms with Crippen LogP contribution in [0.2, 0.25) is 0 Å². The van der Waals surface area contributed by atoms with Crippen LogP contribution in [0.1, 0.15) is 57.4 Å². The maximum Gasteiger partial charge on any atom is 0.152 e. The van der Waals surface area contributed by atoms with Gasteiger partial charge in [0.05, 0.1) is 0 Å². The normalized spacial score (nSPS) is 22.5. The second-order valence-electron chi connectivity index (χ2n) is 4.41. The van der Waals surface area contributed by atoms with Gasteiger partial charge in [-0.1, -0.05) is 0 Å². The number of nitrogens with zero attached hydrogens (tertiary/aromatic N) is 1. The summed E-state index contributed by atoms with van der Waals surface area (Å²) < 4.78 is 2.26. The molecule has 0 radical (unpaired) electrons. The van der Waals surface area contributed by atoms with Gasteiger partial charge in [-0.15, -0.1) is 0 Å². The summed E-state index contributed by atoms with van der Waals surface area (Å²) in [5, 5.41) is 0. The number of carbonyl (C=O) groups excluding carboxylic acids is 2. The molecule has 3 heteroatoms. The molecule has 0 saturated heterocycles. The zero-order chi connectivity index (χ0) is 10.4. The van der Waals surface area contributed by atoms with Crippen LogP contribution in [-0.4, -0.2) is 17.1 Å². The van der Waals surface area contributed by atoms with Crippen LogP contribution < -0.4 is 0 Å².